The summed E-state index contributed by atoms with van der Waals surface area (Å²) in [6.45, 7) is 4.05. The van der Waals surface area contributed by atoms with E-state index in [1.54, 1.807) is 10.9 Å². The first-order valence-corrected chi connectivity index (χ1v) is 5.50. The Bertz CT molecular complexity index is 574. The molecule has 0 amide bonds. The summed E-state index contributed by atoms with van der Waals surface area (Å²) in [4.78, 5) is 17.6. The third kappa shape index (κ3) is 2.47. The molecule has 90 valence electrons. The number of rotatable bonds is 3. The molecule has 0 radical (unpaired) electrons. The Balaban J connectivity index is 2.25. The van der Waals surface area contributed by atoms with E-state index in [-0.39, 0.29) is 16.6 Å². The molecule has 0 aliphatic heterocycles. The molecule has 2 N–H and O–H groups in total. The van der Waals surface area contributed by atoms with Crippen LogP contribution >= 0.6 is 11.6 Å². The van der Waals surface area contributed by atoms with Crippen molar-refractivity contribution >= 4 is 23.1 Å². The van der Waals surface area contributed by atoms with E-state index in [0.717, 1.165) is 5.69 Å². The van der Waals surface area contributed by atoms with Crippen LogP contribution in [0.2, 0.25) is 5.02 Å². The van der Waals surface area contributed by atoms with Crippen LogP contribution in [0.25, 0.3) is 0 Å². The third-order valence-corrected chi connectivity index (χ3v) is 2.54. The smallest absolute Gasteiger partial charge is 0.271 e. The summed E-state index contributed by atoms with van der Waals surface area (Å²) < 4.78 is 1.80. The molecule has 7 heteroatoms. The minimum absolute atomic E-state index is 0.0322. The Morgan fingerprint density at radius 1 is 1.53 bits per heavy atom. The van der Waals surface area contributed by atoms with Crippen molar-refractivity contribution in [2.24, 2.45) is 0 Å². The van der Waals surface area contributed by atoms with Gasteiger partial charge in [0.25, 0.3) is 5.56 Å². The van der Waals surface area contributed by atoms with Gasteiger partial charge in [-0.15, -0.1) is 0 Å². The maximum Gasteiger partial charge on any atom is 0.271 e. The van der Waals surface area contributed by atoms with Gasteiger partial charge in [0.05, 0.1) is 18.2 Å². The first kappa shape index (κ1) is 11.7. The number of aromatic nitrogens is 4. The molecule has 0 aliphatic carbocycles. The standard InChI is InChI=1S/C10H12ClN5O/c1-6(2)16-4-7(3-14-16)15-9-8(11)10(17)13-5-12-9/h3-6H,1-2H3,(H2,12,13,15,17). The van der Waals surface area contributed by atoms with E-state index in [1.165, 1.54) is 6.33 Å². The molecule has 0 fully saturated rings. The fraction of sp³-hybridized carbons (Fsp3) is 0.300. The van der Waals surface area contributed by atoms with Crippen LogP contribution in [0, 0.1) is 0 Å². The van der Waals surface area contributed by atoms with Gasteiger partial charge in [-0.1, -0.05) is 11.6 Å². The van der Waals surface area contributed by atoms with Gasteiger partial charge in [0.15, 0.2) is 5.82 Å². The molecule has 2 heterocycles. The fourth-order valence-corrected chi connectivity index (χ4v) is 1.44. The number of hydrogen-bond donors (Lipinski definition) is 2. The molecule has 0 unspecified atom stereocenters. The Morgan fingerprint density at radius 2 is 2.29 bits per heavy atom. The van der Waals surface area contributed by atoms with Crippen molar-refractivity contribution in [3.63, 3.8) is 0 Å². The molecule has 2 rings (SSSR count). The number of H-pyrrole nitrogens is 1. The van der Waals surface area contributed by atoms with Crippen molar-refractivity contribution in [3.05, 3.63) is 34.1 Å². The van der Waals surface area contributed by atoms with Gasteiger partial charge in [-0.05, 0) is 13.8 Å². The van der Waals surface area contributed by atoms with Crippen LogP contribution in [0.5, 0.6) is 0 Å². The van der Waals surface area contributed by atoms with Crippen LogP contribution in [0.1, 0.15) is 19.9 Å². The molecule has 2 aromatic rings. The molecule has 0 saturated heterocycles. The monoisotopic (exact) mass is 253 g/mol. The summed E-state index contributed by atoms with van der Waals surface area (Å²) in [6.07, 6.45) is 4.77. The quantitative estimate of drug-likeness (QED) is 0.877. The van der Waals surface area contributed by atoms with Gasteiger partial charge in [-0.25, -0.2) is 4.98 Å². The summed E-state index contributed by atoms with van der Waals surface area (Å²) in [5.41, 5.74) is 0.360. The second kappa shape index (κ2) is 4.58. The normalized spacial score (nSPS) is 10.8. The number of halogens is 1. The predicted octanol–water partition coefficient (Wildman–Crippen LogP) is 1.94. The van der Waals surface area contributed by atoms with Crippen LogP contribution in [-0.4, -0.2) is 19.7 Å². The number of aromatic amines is 1. The first-order chi connectivity index (χ1) is 8.08. The van der Waals surface area contributed by atoms with E-state index in [0.29, 0.717) is 5.82 Å². The lowest BCUT2D eigenvalue weighted by Gasteiger charge is -2.04. The van der Waals surface area contributed by atoms with Crippen molar-refractivity contribution in [3.8, 4) is 0 Å². The molecule has 0 aromatic carbocycles. The number of nitrogens with one attached hydrogen (secondary N) is 2. The zero-order valence-electron chi connectivity index (χ0n) is 9.44. The van der Waals surface area contributed by atoms with Crippen molar-refractivity contribution < 1.29 is 0 Å². The molecule has 0 spiro atoms. The molecule has 6 nitrogen and oxygen atoms in total. The average Bonchev–Trinajstić information content (AvgIpc) is 2.73. The van der Waals surface area contributed by atoms with Crippen LogP contribution in [0.4, 0.5) is 11.5 Å². The Morgan fingerprint density at radius 3 is 2.94 bits per heavy atom. The maximum absolute atomic E-state index is 11.3. The molecular formula is C10H12ClN5O. The molecule has 2 aromatic heterocycles. The number of anilines is 2. The van der Waals surface area contributed by atoms with Gasteiger partial charge in [-0.3, -0.25) is 9.48 Å². The summed E-state index contributed by atoms with van der Waals surface area (Å²) in [6, 6.07) is 0.271. The van der Waals surface area contributed by atoms with E-state index in [4.69, 9.17) is 11.6 Å². The highest BCUT2D eigenvalue weighted by Gasteiger charge is 2.07. The fourth-order valence-electron chi connectivity index (χ4n) is 1.29. The summed E-state index contributed by atoms with van der Waals surface area (Å²) in [5.74, 6) is 0.318. The molecule has 0 atom stereocenters. The zero-order chi connectivity index (χ0) is 12.4. The maximum atomic E-state index is 11.3. The average molecular weight is 254 g/mol. The van der Waals surface area contributed by atoms with Gasteiger partial charge in [0, 0.05) is 12.2 Å². The summed E-state index contributed by atoms with van der Waals surface area (Å²) >= 11 is 5.82. The summed E-state index contributed by atoms with van der Waals surface area (Å²) in [7, 11) is 0. The van der Waals surface area contributed by atoms with Crippen molar-refractivity contribution in [2.75, 3.05) is 5.32 Å². The first-order valence-electron chi connectivity index (χ1n) is 5.12. The van der Waals surface area contributed by atoms with E-state index >= 15 is 0 Å². The minimum atomic E-state index is -0.375. The van der Waals surface area contributed by atoms with Crippen LogP contribution in [0.3, 0.4) is 0 Å². The highest BCUT2D eigenvalue weighted by molar-refractivity contribution is 6.32. The minimum Gasteiger partial charge on any atom is -0.336 e. The largest absolute Gasteiger partial charge is 0.336 e. The van der Waals surface area contributed by atoms with Crippen LogP contribution in [0.15, 0.2) is 23.5 Å². The third-order valence-electron chi connectivity index (χ3n) is 2.19. The lowest BCUT2D eigenvalue weighted by Crippen LogP contribution is -2.09. The van der Waals surface area contributed by atoms with Crippen molar-refractivity contribution in [1.29, 1.82) is 0 Å². The molecule has 0 saturated carbocycles. The SMILES string of the molecule is CC(C)n1cc(Nc2nc[nH]c(=O)c2Cl)cn1. The molecule has 17 heavy (non-hydrogen) atoms. The van der Waals surface area contributed by atoms with E-state index in [1.807, 2.05) is 20.0 Å². The molecule has 0 aliphatic rings. The van der Waals surface area contributed by atoms with Gasteiger partial charge in [-0.2, -0.15) is 5.10 Å². The number of hydrogen-bond acceptors (Lipinski definition) is 4. The lowest BCUT2D eigenvalue weighted by molar-refractivity contribution is 0.532. The van der Waals surface area contributed by atoms with Crippen molar-refractivity contribution in [1.82, 2.24) is 19.7 Å². The Hall–Kier alpha value is -1.82. The second-order valence-electron chi connectivity index (χ2n) is 3.82. The van der Waals surface area contributed by atoms with Crippen LogP contribution in [-0.2, 0) is 0 Å². The molecular weight excluding hydrogens is 242 g/mol. The van der Waals surface area contributed by atoms with E-state index < -0.39 is 0 Å². The summed E-state index contributed by atoms with van der Waals surface area (Å²) in [5, 5.41) is 7.14. The van der Waals surface area contributed by atoms with Gasteiger partial charge >= 0.3 is 0 Å². The van der Waals surface area contributed by atoms with Gasteiger partial charge < -0.3 is 10.3 Å². The van der Waals surface area contributed by atoms with Crippen molar-refractivity contribution in [2.45, 2.75) is 19.9 Å². The van der Waals surface area contributed by atoms with Gasteiger partial charge in [0.1, 0.15) is 5.02 Å². The highest BCUT2D eigenvalue weighted by Crippen LogP contribution is 2.19. The second-order valence-corrected chi connectivity index (χ2v) is 4.20. The molecule has 0 bridgehead atoms. The van der Waals surface area contributed by atoms with Gasteiger partial charge in [0.2, 0.25) is 0 Å². The van der Waals surface area contributed by atoms with Crippen LogP contribution < -0.4 is 10.9 Å². The number of nitrogens with zero attached hydrogens (tertiary/aromatic N) is 3. The Labute approximate surface area is 103 Å². The zero-order valence-corrected chi connectivity index (χ0v) is 10.2. The topological polar surface area (TPSA) is 75.6 Å². The predicted molar refractivity (Wildman–Crippen MR) is 65.8 cm³/mol. The van der Waals surface area contributed by atoms with E-state index in [2.05, 4.69) is 20.4 Å². The Kier molecular flexibility index (Phi) is 3.14. The van der Waals surface area contributed by atoms with E-state index in [9.17, 15) is 4.79 Å². The lowest BCUT2D eigenvalue weighted by atomic mass is 10.4. The highest BCUT2D eigenvalue weighted by atomic mass is 35.5.